The first-order valence-corrected chi connectivity index (χ1v) is 8.22. The molecule has 3 aromatic rings. The smallest absolute Gasteiger partial charge is 0.342 e. The van der Waals surface area contributed by atoms with E-state index in [-0.39, 0.29) is 6.42 Å². The summed E-state index contributed by atoms with van der Waals surface area (Å²) in [6.07, 6.45) is -3.75. The van der Waals surface area contributed by atoms with E-state index in [4.69, 9.17) is 5.73 Å². The fourth-order valence-electron chi connectivity index (χ4n) is 2.43. The Hall–Kier alpha value is -3.54. The van der Waals surface area contributed by atoms with E-state index in [1.165, 1.54) is 6.33 Å². The summed E-state index contributed by atoms with van der Waals surface area (Å²) in [5, 5.41) is 0. The van der Waals surface area contributed by atoms with Crippen LogP contribution in [0.2, 0.25) is 0 Å². The molecular weight excluding hydrogens is 395 g/mol. The number of fused-ring (bicyclic) bond motifs is 1. The largest absolute Gasteiger partial charge is 0.495 e. The molecule has 0 radical (unpaired) electrons. The Morgan fingerprint density at radius 1 is 1.14 bits per heavy atom. The average Bonchev–Trinajstić information content (AvgIpc) is 3.14. The van der Waals surface area contributed by atoms with Gasteiger partial charge in [-0.15, -0.1) is 0 Å². The van der Waals surface area contributed by atoms with Crippen molar-refractivity contribution in [1.29, 1.82) is 0 Å². The number of carbonyl (C=O) groups excluding carboxylic acids is 2. The molecule has 29 heavy (non-hydrogen) atoms. The maximum atomic E-state index is 12.1. The Labute approximate surface area is 161 Å². The van der Waals surface area contributed by atoms with Crippen LogP contribution in [0.15, 0.2) is 36.7 Å². The molecule has 0 aliphatic heterocycles. The summed E-state index contributed by atoms with van der Waals surface area (Å²) in [5.41, 5.74) is 7.67. The molecule has 3 N–H and O–H groups in total. The maximum absolute atomic E-state index is 12.1. The quantitative estimate of drug-likeness (QED) is 0.477. The van der Waals surface area contributed by atoms with E-state index in [0.717, 1.165) is 5.56 Å². The number of aromatic nitrogens is 4. The topological polar surface area (TPSA) is 133 Å². The zero-order valence-corrected chi connectivity index (χ0v) is 14.6. The summed E-state index contributed by atoms with van der Waals surface area (Å²) in [6, 6.07) is 7.91. The maximum Gasteiger partial charge on any atom is 0.495 e. The van der Waals surface area contributed by atoms with Crippen LogP contribution in [0, 0.1) is 0 Å². The molecule has 2 aromatic heterocycles. The number of nitrogens with two attached hydrogens (primary N) is 1. The van der Waals surface area contributed by atoms with Crippen molar-refractivity contribution < 1.29 is 32.5 Å². The second kappa shape index (κ2) is 8.22. The Kier molecular flexibility index (Phi) is 5.73. The lowest BCUT2D eigenvalue weighted by Crippen LogP contribution is -2.36. The van der Waals surface area contributed by atoms with Gasteiger partial charge in [0.15, 0.2) is 5.65 Å². The molecule has 0 bridgehead atoms. The molecule has 1 atom stereocenters. The van der Waals surface area contributed by atoms with Crippen LogP contribution in [0.4, 0.5) is 13.2 Å². The molecule has 2 heterocycles. The minimum Gasteiger partial charge on any atom is -0.342 e. The average molecular weight is 409 g/mol. The van der Waals surface area contributed by atoms with Crippen LogP contribution in [-0.4, -0.2) is 44.1 Å². The highest BCUT2D eigenvalue weighted by molar-refractivity contribution is 5.80. The highest BCUT2D eigenvalue weighted by atomic mass is 19.4. The third-order valence-corrected chi connectivity index (χ3v) is 3.76. The number of imidazole rings is 1. The fourth-order valence-corrected chi connectivity index (χ4v) is 2.43. The van der Waals surface area contributed by atoms with Gasteiger partial charge in [0.05, 0.1) is 12.0 Å². The number of benzene rings is 1. The Morgan fingerprint density at radius 3 is 2.55 bits per heavy atom. The van der Waals surface area contributed by atoms with Gasteiger partial charge in [0.1, 0.15) is 17.4 Å². The second-order valence-corrected chi connectivity index (χ2v) is 5.93. The van der Waals surface area contributed by atoms with Gasteiger partial charge in [0.25, 0.3) is 0 Å². The predicted molar refractivity (Wildman–Crippen MR) is 90.9 cm³/mol. The molecule has 152 valence electrons. The number of nitrogens with one attached hydrogen (secondary N) is 1. The SMILES string of the molecule is NC(Cc1nc(Cc2ccccc2)nc2nc[nH]c12)C(=O)OOC(=O)C(F)(F)F. The van der Waals surface area contributed by atoms with Crippen LogP contribution in [0.25, 0.3) is 11.2 Å². The number of hydrogen-bond donors (Lipinski definition) is 2. The zero-order chi connectivity index (χ0) is 21.0. The van der Waals surface area contributed by atoms with Crippen molar-refractivity contribution in [1.82, 2.24) is 19.9 Å². The standard InChI is InChI=1S/C17H14F3N5O4/c18-17(19,20)16(27)29-28-15(26)10(21)7-11-13-14(23-8-22-13)25-12(24-11)6-9-4-2-1-3-5-9/h1-5,8,10H,6-7,21H2,(H,22,23,24,25). The van der Waals surface area contributed by atoms with Crippen molar-refractivity contribution in [3.8, 4) is 0 Å². The molecule has 1 aromatic carbocycles. The first kappa shape index (κ1) is 20.2. The third kappa shape index (κ3) is 5.04. The van der Waals surface area contributed by atoms with Crippen LogP contribution in [0.3, 0.4) is 0 Å². The predicted octanol–water partition coefficient (Wildman–Crippen LogP) is 1.38. The number of hydrogen-bond acceptors (Lipinski definition) is 8. The van der Waals surface area contributed by atoms with Gasteiger partial charge in [-0.25, -0.2) is 34.3 Å². The van der Waals surface area contributed by atoms with Crippen molar-refractivity contribution >= 4 is 23.1 Å². The highest BCUT2D eigenvalue weighted by Crippen LogP contribution is 2.18. The minimum absolute atomic E-state index is 0.217. The number of H-pyrrole nitrogens is 1. The summed E-state index contributed by atoms with van der Waals surface area (Å²) < 4.78 is 36.3. The van der Waals surface area contributed by atoms with Crippen molar-refractivity contribution in [3.63, 3.8) is 0 Å². The van der Waals surface area contributed by atoms with E-state index in [9.17, 15) is 22.8 Å². The molecule has 3 rings (SSSR count). The highest BCUT2D eigenvalue weighted by Gasteiger charge is 2.43. The molecular formula is C17H14F3N5O4. The van der Waals surface area contributed by atoms with Gasteiger partial charge < -0.3 is 10.7 Å². The van der Waals surface area contributed by atoms with Crippen LogP contribution in [0.5, 0.6) is 0 Å². The van der Waals surface area contributed by atoms with Gasteiger partial charge in [-0.2, -0.15) is 13.2 Å². The van der Waals surface area contributed by atoms with Crippen LogP contribution in [-0.2, 0) is 32.2 Å². The van der Waals surface area contributed by atoms with Crippen molar-refractivity contribution in [3.05, 3.63) is 53.7 Å². The van der Waals surface area contributed by atoms with E-state index in [1.54, 1.807) is 0 Å². The third-order valence-electron chi connectivity index (χ3n) is 3.76. The second-order valence-electron chi connectivity index (χ2n) is 5.93. The lowest BCUT2D eigenvalue weighted by molar-refractivity contribution is -0.286. The van der Waals surface area contributed by atoms with E-state index in [0.29, 0.717) is 29.1 Å². The van der Waals surface area contributed by atoms with E-state index >= 15 is 0 Å². The van der Waals surface area contributed by atoms with Crippen molar-refractivity contribution in [2.45, 2.75) is 25.1 Å². The Bertz CT molecular complexity index is 1020. The number of nitrogens with zero attached hydrogens (tertiary/aromatic N) is 3. The lowest BCUT2D eigenvalue weighted by Gasteiger charge is -2.11. The van der Waals surface area contributed by atoms with Crippen LogP contribution < -0.4 is 5.73 Å². The van der Waals surface area contributed by atoms with Gasteiger partial charge in [-0.3, -0.25) is 0 Å². The monoisotopic (exact) mass is 409 g/mol. The van der Waals surface area contributed by atoms with Crippen LogP contribution in [0.1, 0.15) is 17.1 Å². The molecule has 0 fully saturated rings. The lowest BCUT2D eigenvalue weighted by atomic mass is 10.1. The number of rotatable bonds is 5. The molecule has 0 saturated heterocycles. The molecule has 0 amide bonds. The summed E-state index contributed by atoms with van der Waals surface area (Å²) in [5.74, 6) is -3.62. The molecule has 0 aliphatic carbocycles. The van der Waals surface area contributed by atoms with E-state index in [2.05, 4.69) is 29.7 Å². The van der Waals surface area contributed by atoms with Gasteiger partial charge in [-0.1, -0.05) is 30.3 Å². The van der Waals surface area contributed by atoms with Gasteiger partial charge in [0.2, 0.25) is 0 Å². The summed E-state index contributed by atoms with van der Waals surface area (Å²) in [4.78, 5) is 45.3. The van der Waals surface area contributed by atoms with Gasteiger partial charge >= 0.3 is 18.1 Å². The first-order chi connectivity index (χ1) is 13.7. The summed E-state index contributed by atoms with van der Waals surface area (Å²) in [6.45, 7) is 0. The molecule has 1 unspecified atom stereocenters. The first-order valence-electron chi connectivity index (χ1n) is 8.22. The van der Waals surface area contributed by atoms with Gasteiger partial charge in [-0.05, 0) is 5.56 Å². The fraction of sp³-hybridized carbons (Fsp3) is 0.235. The van der Waals surface area contributed by atoms with Crippen LogP contribution >= 0.6 is 0 Å². The number of halogens is 3. The zero-order valence-electron chi connectivity index (χ0n) is 14.6. The summed E-state index contributed by atoms with van der Waals surface area (Å²) >= 11 is 0. The number of alkyl halides is 3. The van der Waals surface area contributed by atoms with E-state index < -0.39 is 24.2 Å². The number of aromatic amines is 1. The minimum atomic E-state index is -5.30. The Balaban J connectivity index is 1.74. The van der Waals surface area contributed by atoms with E-state index in [1.807, 2.05) is 30.3 Å². The molecule has 0 aliphatic rings. The molecule has 0 saturated carbocycles. The van der Waals surface area contributed by atoms with Gasteiger partial charge in [0, 0.05) is 12.8 Å². The molecule has 9 nitrogen and oxygen atoms in total. The summed E-state index contributed by atoms with van der Waals surface area (Å²) in [7, 11) is 0. The number of carbonyl (C=O) groups is 2. The molecule has 0 spiro atoms. The normalized spacial score (nSPS) is 12.6. The van der Waals surface area contributed by atoms with Crippen molar-refractivity contribution in [2.75, 3.05) is 0 Å². The van der Waals surface area contributed by atoms with Crippen molar-refractivity contribution in [2.24, 2.45) is 5.73 Å². The Morgan fingerprint density at radius 2 is 1.86 bits per heavy atom. The molecule has 12 heteroatoms.